The van der Waals surface area contributed by atoms with Gasteiger partial charge in [-0.1, -0.05) is 22.9 Å². The molecule has 0 aliphatic heterocycles. The van der Waals surface area contributed by atoms with E-state index in [-0.39, 0.29) is 17.6 Å². The fourth-order valence-corrected chi connectivity index (χ4v) is 3.21. The van der Waals surface area contributed by atoms with E-state index in [0.717, 1.165) is 18.5 Å². The first-order valence-corrected chi connectivity index (χ1v) is 9.54. The molecule has 0 amide bonds. The van der Waals surface area contributed by atoms with Gasteiger partial charge >= 0.3 is 0 Å². The zero-order valence-electron chi connectivity index (χ0n) is 11.8. The van der Waals surface area contributed by atoms with Crippen LogP contribution in [0, 0.1) is 5.82 Å². The van der Waals surface area contributed by atoms with Gasteiger partial charge in [-0.05, 0) is 49.6 Å². The molecule has 0 spiro atoms. The minimum atomic E-state index is -2.95. The van der Waals surface area contributed by atoms with E-state index >= 15 is 0 Å². The highest BCUT2D eigenvalue weighted by Crippen LogP contribution is 2.24. The van der Waals surface area contributed by atoms with E-state index in [1.54, 1.807) is 0 Å². The molecular weight excluding hydrogens is 345 g/mol. The summed E-state index contributed by atoms with van der Waals surface area (Å²) in [6, 6.07) is 4.76. The van der Waals surface area contributed by atoms with Gasteiger partial charge in [0.25, 0.3) is 0 Å². The fourth-order valence-electron chi connectivity index (χ4n) is 2.03. The van der Waals surface area contributed by atoms with Crippen LogP contribution in [0.5, 0.6) is 0 Å². The SMILES string of the molecule is CCCNC(CCCS(C)(=O)=O)c1cc(F)cc(Br)c1. The number of nitrogens with one attached hydrogen (secondary N) is 1. The van der Waals surface area contributed by atoms with Crippen LogP contribution in [0.25, 0.3) is 0 Å². The Morgan fingerprint density at radius 2 is 2.05 bits per heavy atom. The van der Waals surface area contributed by atoms with Crippen LogP contribution in [0.15, 0.2) is 22.7 Å². The Morgan fingerprint density at radius 3 is 2.60 bits per heavy atom. The third kappa shape index (κ3) is 6.81. The summed E-state index contributed by atoms with van der Waals surface area (Å²) in [4.78, 5) is 0. The maximum Gasteiger partial charge on any atom is 0.147 e. The summed E-state index contributed by atoms with van der Waals surface area (Å²) in [5.41, 5.74) is 0.846. The molecule has 1 unspecified atom stereocenters. The number of sulfone groups is 1. The standard InChI is InChI=1S/C14H21BrFNO2S/c1-3-6-17-14(5-4-7-20(2,18)19)11-8-12(15)10-13(16)9-11/h8-10,14,17H,3-7H2,1-2H3. The highest BCUT2D eigenvalue weighted by molar-refractivity contribution is 9.10. The van der Waals surface area contributed by atoms with Gasteiger partial charge in [-0.2, -0.15) is 0 Å². The second-order valence-electron chi connectivity index (χ2n) is 4.98. The average molecular weight is 366 g/mol. The van der Waals surface area contributed by atoms with Crippen LogP contribution < -0.4 is 5.32 Å². The van der Waals surface area contributed by atoms with Crippen LogP contribution in [0.4, 0.5) is 4.39 Å². The molecule has 0 aromatic heterocycles. The van der Waals surface area contributed by atoms with Gasteiger partial charge in [0.1, 0.15) is 15.7 Å². The molecule has 114 valence electrons. The smallest absolute Gasteiger partial charge is 0.147 e. The topological polar surface area (TPSA) is 46.2 Å². The van der Waals surface area contributed by atoms with Gasteiger partial charge in [0.2, 0.25) is 0 Å². The largest absolute Gasteiger partial charge is 0.310 e. The third-order valence-corrected chi connectivity index (χ3v) is 4.42. The molecule has 0 fully saturated rings. The van der Waals surface area contributed by atoms with Crippen LogP contribution in [0.1, 0.15) is 37.8 Å². The van der Waals surface area contributed by atoms with Crippen LogP contribution >= 0.6 is 15.9 Å². The van der Waals surface area contributed by atoms with E-state index in [4.69, 9.17) is 0 Å². The summed E-state index contributed by atoms with van der Waals surface area (Å²) in [5, 5.41) is 3.34. The Kier molecular flexibility index (Phi) is 7.12. The number of hydrogen-bond acceptors (Lipinski definition) is 3. The van der Waals surface area contributed by atoms with E-state index in [9.17, 15) is 12.8 Å². The zero-order chi connectivity index (χ0) is 15.2. The molecule has 0 bridgehead atoms. The summed E-state index contributed by atoms with van der Waals surface area (Å²) >= 11 is 3.29. The maximum atomic E-state index is 13.5. The first kappa shape index (κ1) is 17.6. The first-order chi connectivity index (χ1) is 9.31. The maximum absolute atomic E-state index is 13.5. The van der Waals surface area contributed by atoms with Crippen LogP contribution in [0.3, 0.4) is 0 Å². The summed E-state index contributed by atoms with van der Waals surface area (Å²) in [6.45, 7) is 2.87. The minimum Gasteiger partial charge on any atom is -0.310 e. The second kappa shape index (κ2) is 8.10. The predicted octanol–water partition coefficient (Wildman–Crippen LogP) is 3.45. The lowest BCUT2D eigenvalue weighted by atomic mass is 10.0. The van der Waals surface area contributed by atoms with E-state index in [0.29, 0.717) is 17.3 Å². The van der Waals surface area contributed by atoms with Crippen molar-refractivity contribution in [2.75, 3.05) is 18.6 Å². The normalized spacial score (nSPS) is 13.4. The summed E-state index contributed by atoms with van der Waals surface area (Å²) in [7, 11) is -2.95. The van der Waals surface area contributed by atoms with Crippen molar-refractivity contribution in [1.29, 1.82) is 0 Å². The number of rotatable bonds is 8. The van der Waals surface area contributed by atoms with Crippen LogP contribution in [-0.2, 0) is 9.84 Å². The van der Waals surface area contributed by atoms with Crippen molar-refractivity contribution in [2.24, 2.45) is 0 Å². The van der Waals surface area contributed by atoms with Crippen molar-refractivity contribution in [2.45, 2.75) is 32.2 Å². The van der Waals surface area contributed by atoms with E-state index in [1.807, 2.05) is 6.07 Å². The lowest BCUT2D eigenvalue weighted by Gasteiger charge is -2.19. The molecule has 1 aromatic carbocycles. The molecular formula is C14H21BrFNO2S. The summed E-state index contributed by atoms with van der Waals surface area (Å²) in [5.74, 6) is -0.130. The van der Waals surface area contributed by atoms with Gasteiger partial charge in [0, 0.05) is 22.5 Å². The van der Waals surface area contributed by atoms with Crippen LogP contribution in [0.2, 0.25) is 0 Å². The van der Waals surface area contributed by atoms with Crippen molar-refractivity contribution in [3.63, 3.8) is 0 Å². The molecule has 1 rings (SSSR count). The lowest BCUT2D eigenvalue weighted by molar-refractivity contribution is 0.489. The molecule has 1 N–H and O–H groups in total. The third-order valence-electron chi connectivity index (χ3n) is 2.94. The molecule has 6 heteroatoms. The molecule has 0 saturated carbocycles. The quantitative estimate of drug-likeness (QED) is 0.767. The second-order valence-corrected chi connectivity index (χ2v) is 8.16. The first-order valence-electron chi connectivity index (χ1n) is 6.69. The van der Waals surface area contributed by atoms with E-state index < -0.39 is 9.84 Å². The highest BCUT2D eigenvalue weighted by Gasteiger charge is 2.13. The zero-order valence-corrected chi connectivity index (χ0v) is 14.2. The molecule has 1 atom stereocenters. The molecule has 0 aliphatic carbocycles. The van der Waals surface area contributed by atoms with E-state index in [2.05, 4.69) is 28.2 Å². The number of halogens is 2. The van der Waals surface area contributed by atoms with Gasteiger partial charge in [-0.15, -0.1) is 0 Å². The number of hydrogen-bond donors (Lipinski definition) is 1. The van der Waals surface area contributed by atoms with Crippen molar-refractivity contribution < 1.29 is 12.8 Å². The van der Waals surface area contributed by atoms with Crippen molar-refractivity contribution in [3.8, 4) is 0 Å². The molecule has 0 aliphatic rings. The Morgan fingerprint density at radius 1 is 1.35 bits per heavy atom. The van der Waals surface area contributed by atoms with Gasteiger partial charge in [-0.25, -0.2) is 12.8 Å². The summed E-state index contributed by atoms with van der Waals surface area (Å²) < 4.78 is 36.5. The monoisotopic (exact) mass is 365 g/mol. The molecule has 0 heterocycles. The summed E-state index contributed by atoms with van der Waals surface area (Å²) in [6.07, 6.45) is 3.44. The van der Waals surface area contributed by atoms with Crippen LogP contribution in [-0.4, -0.2) is 27.0 Å². The lowest BCUT2D eigenvalue weighted by Crippen LogP contribution is -2.23. The van der Waals surface area contributed by atoms with Gasteiger partial charge in [-0.3, -0.25) is 0 Å². The Balaban J connectivity index is 2.77. The molecule has 3 nitrogen and oxygen atoms in total. The van der Waals surface area contributed by atoms with E-state index in [1.165, 1.54) is 18.4 Å². The Hall–Kier alpha value is -0.460. The average Bonchev–Trinajstić information content (AvgIpc) is 2.30. The minimum absolute atomic E-state index is 0.0244. The Bertz CT molecular complexity index is 514. The molecule has 0 saturated heterocycles. The highest BCUT2D eigenvalue weighted by atomic mass is 79.9. The fraction of sp³-hybridized carbons (Fsp3) is 0.571. The molecule has 1 aromatic rings. The van der Waals surface area contributed by atoms with Gasteiger partial charge < -0.3 is 5.32 Å². The predicted molar refractivity (Wildman–Crippen MR) is 84.1 cm³/mol. The molecule has 20 heavy (non-hydrogen) atoms. The Labute approximate surface area is 129 Å². The van der Waals surface area contributed by atoms with Crippen molar-refractivity contribution in [1.82, 2.24) is 5.32 Å². The van der Waals surface area contributed by atoms with Gasteiger partial charge in [0.15, 0.2) is 0 Å². The van der Waals surface area contributed by atoms with Crippen molar-refractivity contribution in [3.05, 3.63) is 34.1 Å². The molecule has 0 radical (unpaired) electrons. The number of benzene rings is 1. The van der Waals surface area contributed by atoms with Gasteiger partial charge in [0.05, 0.1) is 0 Å². The van der Waals surface area contributed by atoms with Crippen molar-refractivity contribution >= 4 is 25.8 Å².